The Morgan fingerprint density at radius 3 is 2.50 bits per heavy atom. The number of nitrogens with zero attached hydrogens (tertiary/aromatic N) is 3. The number of ketones is 1. The van der Waals surface area contributed by atoms with Crippen molar-refractivity contribution in [1.29, 1.82) is 0 Å². The smallest absolute Gasteiger partial charge is 0.434 e. The largest absolute Gasteiger partial charge is 0.486 e. The number of hydrogen-bond donors (Lipinski definition) is 0. The van der Waals surface area contributed by atoms with Crippen molar-refractivity contribution < 1.29 is 36.4 Å². The van der Waals surface area contributed by atoms with Gasteiger partial charge in [0.1, 0.15) is 23.9 Å². The van der Waals surface area contributed by atoms with Crippen LogP contribution in [0.4, 0.5) is 17.6 Å². The van der Waals surface area contributed by atoms with E-state index in [9.17, 15) is 22.4 Å². The number of ether oxygens (including phenoxy) is 2. The van der Waals surface area contributed by atoms with Gasteiger partial charge >= 0.3 is 6.18 Å². The van der Waals surface area contributed by atoms with Gasteiger partial charge in [-0.05, 0) is 36.8 Å². The first-order chi connectivity index (χ1) is 17.0. The third-order valence-electron chi connectivity index (χ3n) is 6.38. The molecule has 0 amide bonds. The molecule has 0 atom stereocenters. The second-order valence-electron chi connectivity index (χ2n) is 9.19. The monoisotopic (exact) mass is 545 g/mol. The van der Waals surface area contributed by atoms with Crippen molar-refractivity contribution in [2.75, 3.05) is 6.61 Å². The van der Waals surface area contributed by atoms with Gasteiger partial charge in [-0.25, -0.2) is 9.37 Å². The molecule has 0 saturated heterocycles. The fourth-order valence-electron chi connectivity index (χ4n) is 5.00. The number of carbonyl (C=O) groups is 1. The maximum Gasteiger partial charge on any atom is 0.434 e. The van der Waals surface area contributed by atoms with Gasteiger partial charge in [0.25, 0.3) is 0 Å². The standard InChI is InChI=1S/C23H17Cl2F4N3O4/c24-15-2-1-13(4-17(15)26)34-7-12(33)5-21-9-22(10-21,11-21)20-31-18(32-36-20)8-35-14-3-16(25)19(30-6-14)23(27,28)29/h1-4,6H,5,7-11H2. The molecule has 3 aliphatic rings. The second-order valence-corrected chi connectivity index (χ2v) is 10.0. The zero-order valence-electron chi connectivity index (χ0n) is 18.4. The summed E-state index contributed by atoms with van der Waals surface area (Å²) in [5.41, 5.74) is -1.62. The summed E-state index contributed by atoms with van der Waals surface area (Å²) in [5, 5.41) is 3.27. The van der Waals surface area contributed by atoms with Crippen LogP contribution in [0.1, 0.15) is 43.1 Å². The Kier molecular flexibility index (Phi) is 6.11. The summed E-state index contributed by atoms with van der Waals surface area (Å²) in [7, 11) is 0. The van der Waals surface area contributed by atoms with Gasteiger partial charge in [0.2, 0.25) is 11.7 Å². The van der Waals surface area contributed by atoms with Crippen LogP contribution in [0.5, 0.6) is 11.5 Å². The third-order valence-corrected chi connectivity index (χ3v) is 6.97. The first kappa shape index (κ1) is 24.8. The average Bonchev–Trinajstić information content (AvgIpc) is 3.22. The summed E-state index contributed by atoms with van der Waals surface area (Å²) < 4.78 is 67.9. The van der Waals surface area contributed by atoms with E-state index in [2.05, 4.69) is 15.1 Å². The van der Waals surface area contributed by atoms with Crippen LogP contribution >= 0.6 is 23.2 Å². The molecule has 6 rings (SSSR count). The second kappa shape index (κ2) is 8.88. The number of halogens is 6. The molecule has 190 valence electrons. The Morgan fingerprint density at radius 1 is 1.08 bits per heavy atom. The molecule has 2 bridgehead atoms. The minimum absolute atomic E-state index is 0.0235. The van der Waals surface area contributed by atoms with Crippen LogP contribution in [0.2, 0.25) is 10.0 Å². The van der Waals surface area contributed by atoms with Gasteiger partial charge in [-0.1, -0.05) is 28.4 Å². The number of hydrogen-bond acceptors (Lipinski definition) is 7. The molecule has 7 nitrogen and oxygen atoms in total. The van der Waals surface area contributed by atoms with Gasteiger partial charge in [0.05, 0.1) is 21.7 Å². The first-order valence-corrected chi connectivity index (χ1v) is 11.5. The number of alkyl halides is 3. The number of Topliss-reactive ketones (excluding diaryl/α,β-unsaturated/α-hetero) is 1. The maximum absolute atomic E-state index is 13.5. The zero-order chi connectivity index (χ0) is 25.7. The average molecular weight is 546 g/mol. The molecule has 2 heterocycles. The molecule has 1 aromatic carbocycles. The highest BCUT2D eigenvalue weighted by molar-refractivity contribution is 6.31. The zero-order valence-corrected chi connectivity index (χ0v) is 19.9. The fourth-order valence-corrected chi connectivity index (χ4v) is 5.38. The predicted molar refractivity (Wildman–Crippen MR) is 117 cm³/mol. The minimum Gasteiger partial charge on any atom is -0.486 e. The van der Waals surface area contributed by atoms with Gasteiger partial charge < -0.3 is 14.0 Å². The summed E-state index contributed by atoms with van der Waals surface area (Å²) in [6, 6.07) is 5.01. The quantitative estimate of drug-likeness (QED) is 0.306. The number of rotatable bonds is 9. The summed E-state index contributed by atoms with van der Waals surface area (Å²) in [4.78, 5) is 20.0. The maximum atomic E-state index is 13.5. The van der Waals surface area contributed by atoms with Crippen molar-refractivity contribution in [3.8, 4) is 11.5 Å². The van der Waals surface area contributed by atoms with Gasteiger partial charge in [-0.3, -0.25) is 4.79 Å². The van der Waals surface area contributed by atoms with E-state index in [1.54, 1.807) is 0 Å². The number of pyridine rings is 1. The molecule has 0 unspecified atom stereocenters. The molecule has 0 aliphatic heterocycles. The van der Waals surface area contributed by atoms with Crippen LogP contribution in [-0.4, -0.2) is 27.5 Å². The van der Waals surface area contributed by atoms with E-state index >= 15 is 0 Å². The van der Waals surface area contributed by atoms with E-state index in [0.29, 0.717) is 31.6 Å². The van der Waals surface area contributed by atoms with E-state index in [4.69, 9.17) is 37.2 Å². The predicted octanol–water partition coefficient (Wildman–Crippen LogP) is 5.97. The van der Waals surface area contributed by atoms with Crippen molar-refractivity contribution in [3.05, 3.63) is 63.7 Å². The Labute approximate surface area is 211 Å². The molecule has 13 heteroatoms. The highest BCUT2D eigenvalue weighted by atomic mass is 35.5. The molecular weight excluding hydrogens is 529 g/mol. The van der Waals surface area contributed by atoms with Gasteiger partial charge in [-0.15, -0.1) is 0 Å². The van der Waals surface area contributed by atoms with Gasteiger partial charge in [-0.2, -0.15) is 18.2 Å². The first-order valence-electron chi connectivity index (χ1n) is 10.8. The minimum atomic E-state index is -4.66. The van der Waals surface area contributed by atoms with Crippen LogP contribution < -0.4 is 9.47 Å². The number of aromatic nitrogens is 3. The summed E-state index contributed by atoms with van der Waals surface area (Å²) in [6.07, 6.45) is -1.28. The molecule has 36 heavy (non-hydrogen) atoms. The van der Waals surface area contributed by atoms with Crippen LogP contribution in [0, 0.1) is 11.2 Å². The highest BCUT2D eigenvalue weighted by Gasteiger charge is 2.71. The summed E-state index contributed by atoms with van der Waals surface area (Å²) >= 11 is 11.3. The summed E-state index contributed by atoms with van der Waals surface area (Å²) in [5.74, 6) is 0.209. The van der Waals surface area contributed by atoms with E-state index in [1.807, 2.05) is 0 Å². The SMILES string of the molecule is O=C(COc1ccc(Cl)c(F)c1)CC12CC(c3nc(COc4cnc(C(F)(F)F)c(Cl)c4)no3)(C1)C2. The molecule has 3 aliphatic carbocycles. The molecule has 0 radical (unpaired) electrons. The Morgan fingerprint density at radius 2 is 1.83 bits per heavy atom. The van der Waals surface area contributed by atoms with Gasteiger partial charge in [0.15, 0.2) is 18.1 Å². The lowest BCUT2D eigenvalue weighted by atomic mass is 9.34. The summed E-state index contributed by atoms with van der Waals surface area (Å²) in [6.45, 7) is -0.310. The van der Waals surface area contributed by atoms with Gasteiger partial charge in [0, 0.05) is 18.6 Å². The van der Waals surface area contributed by atoms with Crippen LogP contribution in [-0.2, 0) is 23.0 Å². The lowest BCUT2D eigenvalue weighted by molar-refractivity contribution is -0.168. The third kappa shape index (κ3) is 4.73. The molecule has 3 aromatic rings. The number of benzene rings is 1. The van der Waals surface area contributed by atoms with Crippen molar-refractivity contribution in [3.63, 3.8) is 0 Å². The van der Waals surface area contributed by atoms with E-state index in [1.165, 1.54) is 12.1 Å². The Balaban J connectivity index is 1.10. The molecule has 0 spiro atoms. The van der Waals surface area contributed by atoms with E-state index in [0.717, 1.165) is 18.3 Å². The number of carbonyl (C=O) groups excluding carboxylic acids is 1. The van der Waals surface area contributed by atoms with Crippen molar-refractivity contribution in [2.45, 2.75) is 43.9 Å². The Bertz CT molecular complexity index is 1310. The van der Waals surface area contributed by atoms with Crippen LogP contribution in [0.25, 0.3) is 0 Å². The fraction of sp³-hybridized carbons (Fsp3) is 0.391. The molecule has 3 fully saturated rings. The molecule has 0 N–H and O–H groups in total. The Hall–Kier alpha value is -2.92. The molecule has 3 saturated carbocycles. The molecular formula is C23H17Cl2F4N3O4. The van der Waals surface area contributed by atoms with Crippen LogP contribution in [0.15, 0.2) is 35.0 Å². The highest BCUT2D eigenvalue weighted by Crippen LogP contribution is 2.74. The van der Waals surface area contributed by atoms with Crippen LogP contribution in [0.3, 0.4) is 0 Å². The van der Waals surface area contributed by atoms with E-state index < -0.39 is 22.7 Å². The topological polar surface area (TPSA) is 87.3 Å². The van der Waals surface area contributed by atoms with Crippen molar-refractivity contribution in [2.24, 2.45) is 5.41 Å². The molecule has 2 aromatic heterocycles. The normalized spacial score (nSPS) is 22.5. The lowest BCUT2D eigenvalue weighted by Crippen LogP contribution is -2.65. The van der Waals surface area contributed by atoms with E-state index in [-0.39, 0.29) is 52.2 Å². The lowest BCUT2D eigenvalue weighted by Gasteiger charge is -2.68. The van der Waals surface area contributed by atoms with Crippen molar-refractivity contribution >= 4 is 29.0 Å². The van der Waals surface area contributed by atoms with Crippen molar-refractivity contribution in [1.82, 2.24) is 15.1 Å².